The molecule has 0 unspecified atom stereocenters. The molecule has 0 aliphatic rings. The minimum Gasteiger partial charge on any atom is -0.349 e. The van der Waals surface area contributed by atoms with Gasteiger partial charge in [0.25, 0.3) is 5.91 Å². The molecule has 0 heterocycles. The SMILES string of the molecule is C=CCNC(=O)c1ccccc1NC(=O)Cc1cccc(Cl)c1. The van der Waals surface area contributed by atoms with Crippen LogP contribution in [0.25, 0.3) is 0 Å². The van der Waals surface area contributed by atoms with Crippen molar-refractivity contribution in [2.45, 2.75) is 6.42 Å². The van der Waals surface area contributed by atoms with Crippen molar-refractivity contribution >= 4 is 29.1 Å². The van der Waals surface area contributed by atoms with E-state index in [1.54, 1.807) is 48.5 Å². The molecule has 0 saturated heterocycles. The number of nitrogens with one attached hydrogen (secondary N) is 2. The Labute approximate surface area is 140 Å². The fourth-order valence-corrected chi connectivity index (χ4v) is 2.29. The quantitative estimate of drug-likeness (QED) is 0.798. The number of anilines is 1. The number of amides is 2. The second kappa shape index (κ2) is 8.15. The van der Waals surface area contributed by atoms with E-state index in [0.29, 0.717) is 22.8 Å². The number of para-hydroxylation sites is 1. The summed E-state index contributed by atoms with van der Waals surface area (Å²) in [4.78, 5) is 24.3. The van der Waals surface area contributed by atoms with E-state index in [1.807, 2.05) is 6.07 Å². The number of hydrogen-bond donors (Lipinski definition) is 2. The summed E-state index contributed by atoms with van der Waals surface area (Å²) in [6.45, 7) is 3.92. The van der Waals surface area contributed by atoms with Crippen molar-refractivity contribution < 1.29 is 9.59 Å². The summed E-state index contributed by atoms with van der Waals surface area (Å²) >= 11 is 5.91. The molecule has 0 bridgehead atoms. The van der Waals surface area contributed by atoms with Gasteiger partial charge in [-0.05, 0) is 29.8 Å². The maximum absolute atomic E-state index is 12.2. The summed E-state index contributed by atoms with van der Waals surface area (Å²) in [6, 6.07) is 14.0. The lowest BCUT2D eigenvalue weighted by atomic mass is 10.1. The fourth-order valence-electron chi connectivity index (χ4n) is 2.08. The first-order chi connectivity index (χ1) is 11.1. The van der Waals surface area contributed by atoms with Gasteiger partial charge in [0.1, 0.15) is 0 Å². The van der Waals surface area contributed by atoms with Crippen LogP contribution in [-0.4, -0.2) is 18.4 Å². The number of benzene rings is 2. The van der Waals surface area contributed by atoms with Crippen LogP contribution in [0, 0.1) is 0 Å². The molecule has 2 amide bonds. The Hall–Kier alpha value is -2.59. The summed E-state index contributed by atoms with van der Waals surface area (Å²) in [5.41, 5.74) is 1.69. The minimum atomic E-state index is -0.261. The summed E-state index contributed by atoms with van der Waals surface area (Å²) in [6.07, 6.45) is 1.78. The molecule has 2 N–H and O–H groups in total. The topological polar surface area (TPSA) is 58.2 Å². The lowest BCUT2D eigenvalue weighted by Crippen LogP contribution is -2.25. The summed E-state index contributed by atoms with van der Waals surface area (Å²) in [5, 5.41) is 6.04. The van der Waals surface area contributed by atoms with Crippen molar-refractivity contribution in [2.24, 2.45) is 0 Å². The normalized spacial score (nSPS) is 9.96. The molecular weight excluding hydrogens is 312 g/mol. The Balaban J connectivity index is 2.09. The molecule has 0 radical (unpaired) electrons. The van der Waals surface area contributed by atoms with Crippen molar-refractivity contribution in [3.05, 3.63) is 77.3 Å². The van der Waals surface area contributed by atoms with Crippen molar-refractivity contribution in [2.75, 3.05) is 11.9 Å². The molecule has 0 aromatic heterocycles. The molecule has 23 heavy (non-hydrogen) atoms. The van der Waals surface area contributed by atoms with Gasteiger partial charge >= 0.3 is 0 Å². The van der Waals surface area contributed by atoms with Gasteiger partial charge in [-0.15, -0.1) is 6.58 Å². The zero-order valence-electron chi connectivity index (χ0n) is 12.5. The van der Waals surface area contributed by atoms with E-state index in [2.05, 4.69) is 17.2 Å². The van der Waals surface area contributed by atoms with Crippen LogP contribution in [-0.2, 0) is 11.2 Å². The standard InChI is InChI=1S/C18H17ClN2O2/c1-2-10-20-18(23)15-8-3-4-9-16(15)21-17(22)12-13-6-5-7-14(19)11-13/h2-9,11H,1,10,12H2,(H,20,23)(H,21,22). The predicted octanol–water partition coefficient (Wildman–Crippen LogP) is 3.44. The van der Waals surface area contributed by atoms with Gasteiger partial charge in [0.2, 0.25) is 5.91 Å². The summed E-state index contributed by atoms with van der Waals surface area (Å²) < 4.78 is 0. The molecule has 0 aliphatic carbocycles. The number of halogens is 1. The molecule has 5 heteroatoms. The Morgan fingerprint density at radius 3 is 2.65 bits per heavy atom. The summed E-state index contributed by atoms with van der Waals surface area (Å²) in [7, 11) is 0. The van der Waals surface area contributed by atoms with E-state index >= 15 is 0 Å². The highest BCUT2D eigenvalue weighted by molar-refractivity contribution is 6.30. The number of carbonyl (C=O) groups excluding carboxylic acids is 2. The summed E-state index contributed by atoms with van der Waals surface area (Å²) in [5.74, 6) is -0.472. The minimum absolute atomic E-state index is 0.184. The van der Waals surface area contributed by atoms with Gasteiger partial charge in [-0.2, -0.15) is 0 Å². The van der Waals surface area contributed by atoms with E-state index in [0.717, 1.165) is 5.56 Å². The molecule has 2 aromatic carbocycles. The second-order valence-electron chi connectivity index (χ2n) is 4.90. The Morgan fingerprint density at radius 2 is 1.91 bits per heavy atom. The van der Waals surface area contributed by atoms with Gasteiger partial charge in [0, 0.05) is 11.6 Å². The number of hydrogen-bond acceptors (Lipinski definition) is 2. The number of carbonyl (C=O) groups is 2. The van der Waals surface area contributed by atoms with Crippen LogP contribution in [0.2, 0.25) is 5.02 Å². The van der Waals surface area contributed by atoms with E-state index < -0.39 is 0 Å². The first kappa shape index (κ1) is 16.8. The van der Waals surface area contributed by atoms with Gasteiger partial charge in [-0.25, -0.2) is 0 Å². The molecule has 0 atom stereocenters. The molecule has 118 valence electrons. The van der Waals surface area contributed by atoms with Gasteiger partial charge < -0.3 is 10.6 Å². The van der Waals surface area contributed by atoms with Crippen molar-refractivity contribution in [1.82, 2.24) is 5.32 Å². The second-order valence-corrected chi connectivity index (χ2v) is 5.34. The highest BCUT2D eigenvalue weighted by atomic mass is 35.5. The van der Waals surface area contributed by atoms with Crippen LogP contribution in [0.3, 0.4) is 0 Å². The van der Waals surface area contributed by atoms with Gasteiger partial charge in [-0.3, -0.25) is 9.59 Å². The Bertz CT molecular complexity index is 728. The zero-order valence-corrected chi connectivity index (χ0v) is 13.3. The molecule has 4 nitrogen and oxygen atoms in total. The third kappa shape index (κ3) is 4.97. The largest absolute Gasteiger partial charge is 0.349 e. The van der Waals surface area contributed by atoms with E-state index in [-0.39, 0.29) is 18.2 Å². The zero-order chi connectivity index (χ0) is 16.7. The van der Waals surface area contributed by atoms with Gasteiger partial charge in [0.05, 0.1) is 17.7 Å². The Kier molecular flexibility index (Phi) is 5.94. The van der Waals surface area contributed by atoms with Crippen LogP contribution in [0.1, 0.15) is 15.9 Å². The molecule has 2 rings (SSSR count). The van der Waals surface area contributed by atoms with Crippen LogP contribution in [0.5, 0.6) is 0 Å². The fraction of sp³-hybridized carbons (Fsp3) is 0.111. The van der Waals surface area contributed by atoms with Crippen LogP contribution >= 0.6 is 11.6 Å². The predicted molar refractivity (Wildman–Crippen MR) is 92.8 cm³/mol. The lowest BCUT2D eigenvalue weighted by molar-refractivity contribution is -0.115. The molecular formula is C18H17ClN2O2. The molecule has 0 spiro atoms. The van der Waals surface area contributed by atoms with Gasteiger partial charge in [0.15, 0.2) is 0 Å². The highest BCUT2D eigenvalue weighted by Gasteiger charge is 2.12. The maximum atomic E-state index is 12.2. The van der Waals surface area contributed by atoms with Gasteiger partial charge in [-0.1, -0.05) is 41.9 Å². The molecule has 0 aliphatic heterocycles. The van der Waals surface area contributed by atoms with Crippen molar-refractivity contribution in [1.29, 1.82) is 0 Å². The van der Waals surface area contributed by atoms with Crippen LogP contribution < -0.4 is 10.6 Å². The van der Waals surface area contributed by atoms with Crippen LogP contribution in [0.4, 0.5) is 5.69 Å². The first-order valence-electron chi connectivity index (χ1n) is 7.12. The van der Waals surface area contributed by atoms with E-state index in [9.17, 15) is 9.59 Å². The van der Waals surface area contributed by atoms with E-state index in [4.69, 9.17) is 11.6 Å². The van der Waals surface area contributed by atoms with E-state index in [1.165, 1.54) is 0 Å². The number of rotatable bonds is 6. The molecule has 0 fully saturated rings. The average molecular weight is 329 g/mol. The first-order valence-corrected chi connectivity index (χ1v) is 7.50. The lowest BCUT2D eigenvalue weighted by Gasteiger charge is -2.11. The van der Waals surface area contributed by atoms with Crippen LogP contribution in [0.15, 0.2) is 61.2 Å². The Morgan fingerprint density at radius 1 is 1.13 bits per heavy atom. The molecule has 0 saturated carbocycles. The average Bonchev–Trinajstić information content (AvgIpc) is 2.53. The maximum Gasteiger partial charge on any atom is 0.253 e. The third-order valence-corrected chi connectivity index (χ3v) is 3.34. The monoisotopic (exact) mass is 328 g/mol. The third-order valence-electron chi connectivity index (χ3n) is 3.11. The smallest absolute Gasteiger partial charge is 0.253 e. The highest BCUT2D eigenvalue weighted by Crippen LogP contribution is 2.16. The van der Waals surface area contributed by atoms with Crippen molar-refractivity contribution in [3.63, 3.8) is 0 Å². The molecule has 2 aromatic rings. The van der Waals surface area contributed by atoms with Crippen molar-refractivity contribution in [3.8, 4) is 0 Å².